The van der Waals surface area contributed by atoms with Gasteiger partial charge in [0.1, 0.15) is 24.2 Å². The highest BCUT2D eigenvalue weighted by molar-refractivity contribution is 6.03. The number of piperidine rings is 1. The summed E-state index contributed by atoms with van der Waals surface area (Å²) in [7, 11) is 1.73. The van der Waals surface area contributed by atoms with Crippen molar-refractivity contribution in [2.24, 2.45) is 0 Å². The Morgan fingerprint density at radius 1 is 1.05 bits per heavy atom. The van der Waals surface area contributed by atoms with E-state index >= 15 is 0 Å². The van der Waals surface area contributed by atoms with E-state index in [2.05, 4.69) is 26.3 Å². The van der Waals surface area contributed by atoms with Crippen LogP contribution in [0.3, 0.4) is 0 Å². The molecule has 0 spiro atoms. The topological polar surface area (TPSA) is 91.1 Å². The molecule has 37 heavy (non-hydrogen) atoms. The van der Waals surface area contributed by atoms with E-state index in [0.29, 0.717) is 29.7 Å². The molecule has 7 rings (SSSR count). The Morgan fingerprint density at radius 3 is 2.68 bits per heavy atom. The van der Waals surface area contributed by atoms with Crippen LogP contribution in [0.15, 0.2) is 59.1 Å². The van der Waals surface area contributed by atoms with Gasteiger partial charge in [0, 0.05) is 57.4 Å². The molecule has 0 radical (unpaired) electrons. The minimum Gasteiger partial charge on any atom is -0.489 e. The Morgan fingerprint density at radius 2 is 1.86 bits per heavy atom. The monoisotopic (exact) mass is 501 g/mol. The lowest BCUT2D eigenvalue weighted by molar-refractivity contribution is -0.120. The molecule has 192 valence electrons. The molecule has 2 aromatic carbocycles. The third kappa shape index (κ3) is 4.79. The van der Waals surface area contributed by atoms with E-state index in [9.17, 15) is 9.59 Å². The van der Waals surface area contributed by atoms with Crippen molar-refractivity contribution in [1.82, 2.24) is 15.4 Å². The van der Waals surface area contributed by atoms with Gasteiger partial charge < -0.3 is 29.3 Å². The SMILES string of the molecule is CN1C(=O)[C@@H](NC(=O)c2cc(Cc3ccccc3)on2)COc2ccc(N3CCN4CCC3CC4)cc21. The second-order valence-corrected chi connectivity index (χ2v) is 9.99. The highest BCUT2D eigenvalue weighted by Crippen LogP contribution is 2.36. The van der Waals surface area contributed by atoms with Gasteiger partial charge >= 0.3 is 0 Å². The minimum absolute atomic E-state index is 0.0390. The lowest BCUT2D eigenvalue weighted by Gasteiger charge is -2.33. The van der Waals surface area contributed by atoms with Crippen LogP contribution in [0.2, 0.25) is 0 Å². The maximum absolute atomic E-state index is 13.4. The first kappa shape index (κ1) is 23.5. The fourth-order valence-electron chi connectivity index (χ4n) is 5.53. The van der Waals surface area contributed by atoms with E-state index in [1.54, 1.807) is 18.0 Å². The third-order valence-electron chi connectivity index (χ3n) is 7.64. The van der Waals surface area contributed by atoms with E-state index in [1.165, 1.54) is 0 Å². The summed E-state index contributed by atoms with van der Waals surface area (Å²) in [5.41, 5.74) is 3.01. The van der Waals surface area contributed by atoms with Crippen molar-refractivity contribution in [3.8, 4) is 5.75 Å². The summed E-state index contributed by atoms with van der Waals surface area (Å²) in [4.78, 5) is 32.8. The van der Waals surface area contributed by atoms with Crippen molar-refractivity contribution in [3.05, 3.63) is 71.6 Å². The van der Waals surface area contributed by atoms with Crippen LogP contribution in [0.5, 0.6) is 5.75 Å². The molecule has 3 aromatic rings. The lowest BCUT2D eigenvalue weighted by Crippen LogP contribution is -2.49. The average molecular weight is 502 g/mol. The molecule has 0 aliphatic carbocycles. The molecule has 9 nitrogen and oxygen atoms in total. The van der Waals surface area contributed by atoms with E-state index in [-0.39, 0.29) is 18.2 Å². The summed E-state index contributed by atoms with van der Waals surface area (Å²) in [5, 5.41) is 6.69. The minimum atomic E-state index is -0.843. The molecule has 1 N–H and O–H groups in total. The number of benzene rings is 2. The van der Waals surface area contributed by atoms with Gasteiger partial charge in [-0.05, 0) is 36.6 Å². The second kappa shape index (κ2) is 9.89. The summed E-state index contributed by atoms with van der Waals surface area (Å²) in [6, 6.07) is 17.2. The number of amides is 2. The van der Waals surface area contributed by atoms with Gasteiger partial charge in [-0.3, -0.25) is 9.59 Å². The molecule has 3 saturated heterocycles. The van der Waals surface area contributed by atoms with Gasteiger partial charge in [0.2, 0.25) is 0 Å². The van der Waals surface area contributed by atoms with Crippen molar-refractivity contribution in [3.63, 3.8) is 0 Å². The summed E-state index contributed by atoms with van der Waals surface area (Å²) in [6.45, 7) is 4.37. The Kier molecular flexibility index (Phi) is 6.30. The first-order chi connectivity index (χ1) is 18.0. The molecule has 1 aromatic heterocycles. The second-order valence-electron chi connectivity index (χ2n) is 9.99. The number of rotatable bonds is 5. The molecule has 2 bridgehead atoms. The number of anilines is 2. The Labute approximate surface area is 216 Å². The molecule has 3 fully saturated rings. The highest BCUT2D eigenvalue weighted by Gasteiger charge is 2.33. The number of nitrogens with zero attached hydrogens (tertiary/aromatic N) is 4. The lowest BCUT2D eigenvalue weighted by atomic mass is 10.0. The molecule has 4 aliphatic heterocycles. The molecule has 5 heterocycles. The van der Waals surface area contributed by atoms with Crippen LogP contribution in [0, 0.1) is 0 Å². The molecule has 2 amide bonds. The van der Waals surface area contributed by atoms with Crippen molar-refractivity contribution in [2.75, 3.05) is 49.6 Å². The van der Waals surface area contributed by atoms with Gasteiger partial charge in [0.05, 0.1) is 5.69 Å². The standard InChI is InChI=1S/C28H31N5O4/c1-31-25-16-21(33-14-13-32-11-9-20(33)10-12-32)7-8-26(25)36-18-24(28(31)35)29-27(34)23-17-22(37-30-23)15-19-5-3-2-4-6-19/h2-8,16-17,20,24H,9-15,18H2,1H3,(H,29,34)/t24-/m0/s1. The maximum Gasteiger partial charge on any atom is 0.274 e. The Balaban J connectivity index is 1.15. The summed E-state index contributed by atoms with van der Waals surface area (Å²) in [6.07, 6.45) is 2.85. The van der Waals surface area contributed by atoms with E-state index in [0.717, 1.165) is 50.3 Å². The van der Waals surface area contributed by atoms with Crippen molar-refractivity contribution in [2.45, 2.75) is 31.3 Å². The Hall–Kier alpha value is -3.85. The highest BCUT2D eigenvalue weighted by atomic mass is 16.5. The van der Waals surface area contributed by atoms with Gasteiger partial charge in [-0.2, -0.15) is 0 Å². The summed E-state index contributed by atoms with van der Waals surface area (Å²) >= 11 is 0. The van der Waals surface area contributed by atoms with Crippen LogP contribution in [-0.4, -0.2) is 73.8 Å². The van der Waals surface area contributed by atoms with Gasteiger partial charge in [-0.25, -0.2) is 0 Å². The third-order valence-corrected chi connectivity index (χ3v) is 7.64. The van der Waals surface area contributed by atoms with E-state index in [4.69, 9.17) is 9.26 Å². The van der Waals surface area contributed by atoms with Crippen LogP contribution in [0.1, 0.15) is 34.7 Å². The fraction of sp³-hybridized carbons (Fsp3) is 0.393. The maximum atomic E-state index is 13.4. The molecule has 0 unspecified atom stereocenters. The largest absolute Gasteiger partial charge is 0.489 e. The zero-order chi connectivity index (χ0) is 25.4. The van der Waals surface area contributed by atoms with Gasteiger partial charge in [0.25, 0.3) is 11.8 Å². The number of likely N-dealkylation sites (N-methyl/N-ethyl adjacent to an activating group) is 1. The van der Waals surface area contributed by atoms with Gasteiger partial charge in [-0.15, -0.1) is 0 Å². The van der Waals surface area contributed by atoms with Crippen LogP contribution in [0.25, 0.3) is 0 Å². The van der Waals surface area contributed by atoms with Crippen molar-refractivity contribution >= 4 is 23.2 Å². The zero-order valence-electron chi connectivity index (χ0n) is 20.9. The zero-order valence-corrected chi connectivity index (χ0v) is 20.9. The number of carbonyl (C=O) groups excluding carboxylic acids is 2. The quantitative estimate of drug-likeness (QED) is 0.575. The smallest absolute Gasteiger partial charge is 0.274 e. The van der Waals surface area contributed by atoms with Crippen molar-refractivity contribution < 1.29 is 18.8 Å². The molecule has 4 aliphatic rings. The van der Waals surface area contributed by atoms with Crippen LogP contribution >= 0.6 is 0 Å². The predicted molar refractivity (Wildman–Crippen MR) is 139 cm³/mol. The number of hydrogen-bond acceptors (Lipinski definition) is 7. The summed E-state index contributed by atoms with van der Waals surface area (Å²) in [5.74, 6) is 0.502. The van der Waals surface area contributed by atoms with Gasteiger partial charge in [0.15, 0.2) is 5.69 Å². The number of aromatic nitrogens is 1. The predicted octanol–water partition coefficient (Wildman–Crippen LogP) is 2.70. The van der Waals surface area contributed by atoms with Crippen LogP contribution in [-0.2, 0) is 11.2 Å². The Bertz CT molecular complexity index is 1280. The average Bonchev–Trinajstić information content (AvgIpc) is 3.12. The van der Waals surface area contributed by atoms with E-state index < -0.39 is 11.9 Å². The van der Waals surface area contributed by atoms with Gasteiger partial charge in [-0.1, -0.05) is 35.5 Å². The molecule has 0 saturated carbocycles. The number of carbonyl (C=O) groups is 2. The normalized spacial score (nSPS) is 23.2. The molecular formula is C28H31N5O4. The number of nitrogens with one attached hydrogen (secondary N) is 1. The summed E-state index contributed by atoms with van der Waals surface area (Å²) < 4.78 is 11.4. The van der Waals surface area contributed by atoms with Crippen LogP contribution in [0.4, 0.5) is 11.4 Å². The van der Waals surface area contributed by atoms with Crippen LogP contribution < -0.4 is 19.9 Å². The number of ether oxygens (including phenoxy) is 1. The molecule has 1 atom stereocenters. The molecule has 9 heteroatoms. The van der Waals surface area contributed by atoms with E-state index in [1.807, 2.05) is 42.5 Å². The molecular weight excluding hydrogens is 470 g/mol. The number of hydrogen-bond donors (Lipinski definition) is 1. The number of fused-ring (bicyclic) bond motifs is 5. The fourth-order valence-corrected chi connectivity index (χ4v) is 5.53. The van der Waals surface area contributed by atoms with Crippen molar-refractivity contribution in [1.29, 1.82) is 0 Å². The first-order valence-corrected chi connectivity index (χ1v) is 12.9. The first-order valence-electron chi connectivity index (χ1n) is 12.9.